The van der Waals surface area contributed by atoms with Crippen molar-refractivity contribution in [2.75, 3.05) is 12.3 Å². The Morgan fingerprint density at radius 2 is 1.67 bits per heavy atom. The Bertz CT molecular complexity index is 254. The highest BCUT2D eigenvalue weighted by Crippen LogP contribution is 2.61. The highest BCUT2D eigenvalue weighted by atomic mass is 32.2. The minimum absolute atomic E-state index is 0.768. The molecule has 4 saturated carbocycles. The second-order valence-corrected chi connectivity index (χ2v) is 8.97. The molecule has 0 heterocycles. The largest absolute Gasteiger partial charge is 0.330 e. The third kappa shape index (κ3) is 2.75. The van der Waals surface area contributed by atoms with Gasteiger partial charge in [-0.3, -0.25) is 0 Å². The van der Waals surface area contributed by atoms with E-state index in [1.54, 1.807) is 38.5 Å². The van der Waals surface area contributed by atoms with Crippen LogP contribution >= 0.6 is 11.8 Å². The zero-order valence-electron chi connectivity index (χ0n) is 11.9. The summed E-state index contributed by atoms with van der Waals surface area (Å²) in [6, 6.07) is 0. The van der Waals surface area contributed by atoms with Crippen LogP contribution in [0.3, 0.4) is 0 Å². The van der Waals surface area contributed by atoms with E-state index >= 15 is 0 Å². The van der Waals surface area contributed by atoms with E-state index in [-0.39, 0.29) is 0 Å². The minimum Gasteiger partial charge on any atom is -0.330 e. The van der Waals surface area contributed by atoms with Crippen LogP contribution in [0.1, 0.15) is 58.3 Å². The van der Waals surface area contributed by atoms with Crippen molar-refractivity contribution in [3.63, 3.8) is 0 Å². The molecule has 18 heavy (non-hydrogen) atoms. The van der Waals surface area contributed by atoms with Crippen molar-refractivity contribution in [3.8, 4) is 0 Å². The molecule has 4 aliphatic carbocycles. The highest BCUT2D eigenvalue weighted by Gasteiger charge is 2.50. The van der Waals surface area contributed by atoms with Crippen molar-refractivity contribution >= 4 is 11.8 Å². The maximum atomic E-state index is 5.63. The molecule has 4 bridgehead atoms. The molecule has 0 amide bonds. The maximum absolute atomic E-state index is 5.63. The maximum Gasteiger partial charge on any atom is 0.00307 e. The first-order valence-corrected chi connectivity index (χ1v) is 9.06. The summed E-state index contributed by atoms with van der Waals surface area (Å²) < 4.78 is 0. The van der Waals surface area contributed by atoms with Crippen LogP contribution in [0.25, 0.3) is 0 Å². The Balaban J connectivity index is 1.50. The van der Waals surface area contributed by atoms with Crippen LogP contribution in [0.4, 0.5) is 0 Å². The van der Waals surface area contributed by atoms with Crippen LogP contribution in [0.5, 0.6) is 0 Å². The standard InChI is InChI=1S/C16H29NS/c1-12(2-4-17)18-5-3-16-9-13-6-14(10-16)8-15(7-13)11-16/h12-15H,2-11,17H2,1H3. The number of rotatable bonds is 6. The van der Waals surface area contributed by atoms with Crippen molar-refractivity contribution in [2.24, 2.45) is 28.9 Å². The van der Waals surface area contributed by atoms with E-state index in [0.717, 1.165) is 35.0 Å². The van der Waals surface area contributed by atoms with Crippen LogP contribution in [-0.4, -0.2) is 17.5 Å². The molecule has 2 N–H and O–H groups in total. The molecule has 0 radical (unpaired) electrons. The Labute approximate surface area is 117 Å². The van der Waals surface area contributed by atoms with E-state index in [0.29, 0.717) is 0 Å². The van der Waals surface area contributed by atoms with Crippen LogP contribution in [-0.2, 0) is 0 Å². The molecule has 0 aromatic carbocycles. The lowest BCUT2D eigenvalue weighted by atomic mass is 9.49. The second-order valence-electron chi connectivity index (χ2n) is 7.43. The van der Waals surface area contributed by atoms with Crippen molar-refractivity contribution < 1.29 is 0 Å². The summed E-state index contributed by atoms with van der Waals surface area (Å²) in [4.78, 5) is 0. The quantitative estimate of drug-likeness (QED) is 0.785. The van der Waals surface area contributed by atoms with Crippen molar-refractivity contribution in [1.29, 1.82) is 0 Å². The molecule has 4 fully saturated rings. The van der Waals surface area contributed by atoms with E-state index in [2.05, 4.69) is 18.7 Å². The van der Waals surface area contributed by atoms with Gasteiger partial charge in [0.25, 0.3) is 0 Å². The van der Waals surface area contributed by atoms with Gasteiger partial charge in [-0.25, -0.2) is 0 Å². The zero-order valence-corrected chi connectivity index (χ0v) is 12.7. The van der Waals surface area contributed by atoms with Gasteiger partial charge in [0.15, 0.2) is 0 Å². The monoisotopic (exact) mass is 267 g/mol. The molecule has 0 aromatic heterocycles. The van der Waals surface area contributed by atoms with Crippen LogP contribution in [0, 0.1) is 23.2 Å². The van der Waals surface area contributed by atoms with Gasteiger partial charge in [-0.05, 0) is 86.8 Å². The Morgan fingerprint density at radius 1 is 1.11 bits per heavy atom. The van der Waals surface area contributed by atoms with E-state index in [1.165, 1.54) is 18.6 Å². The number of hydrogen-bond donors (Lipinski definition) is 1. The Morgan fingerprint density at radius 3 is 2.17 bits per heavy atom. The number of nitrogens with two attached hydrogens (primary N) is 1. The van der Waals surface area contributed by atoms with Crippen LogP contribution in [0.2, 0.25) is 0 Å². The first kappa shape index (κ1) is 13.3. The van der Waals surface area contributed by atoms with Crippen molar-refractivity contribution in [1.82, 2.24) is 0 Å². The van der Waals surface area contributed by atoms with Gasteiger partial charge >= 0.3 is 0 Å². The molecule has 0 saturated heterocycles. The van der Waals surface area contributed by atoms with Gasteiger partial charge in [-0.1, -0.05) is 6.92 Å². The van der Waals surface area contributed by atoms with Gasteiger partial charge in [-0.2, -0.15) is 11.8 Å². The van der Waals surface area contributed by atoms with Crippen molar-refractivity contribution in [3.05, 3.63) is 0 Å². The third-order valence-electron chi connectivity index (χ3n) is 5.77. The normalized spacial score (nSPS) is 43.3. The van der Waals surface area contributed by atoms with Crippen molar-refractivity contribution in [2.45, 2.75) is 63.5 Å². The summed E-state index contributed by atoms with van der Waals surface area (Å²) in [5, 5.41) is 0.768. The average molecular weight is 267 g/mol. The lowest BCUT2D eigenvalue weighted by molar-refractivity contribution is -0.0538. The lowest BCUT2D eigenvalue weighted by Gasteiger charge is -2.57. The number of thioether (sulfide) groups is 1. The SMILES string of the molecule is CC(CCN)SCCC12CC3CC(CC(C3)C1)C2. The summed E-state index contributed by atoms with van der Waals surface area (Å²) in [6.45, 7) is 3.20. The molecule has 2 heteroatoms. The van der Waals surface area contributed by atoms with E-state index in [1.807, 2.05) is 0 Å². The molecule has 0 aliphatic heterocycles. The van der Waals surface area contributed by atoms with Crippen LogP contribution in [0.15, 0.2) is 0 Å². The fraction of sp³-hybridized carbons (Fsp3) is 1.00. The molecule has 1 atom stereocenters. The Kier molecular flexibility index (Phi) is 3.96. The molecule has 1 nitrogen and oxygen atoms in total. The molecule has 4 aliphatic rings. The fourth-order valence-corrected chi connectivity index (χ4v) is 6.65. The summed E-state index contributed by atoms with van der Waals surface area (Å²) in [5.74, 6) is 4.72. The average Bonchev–Trinajstić information content (AvgIpc) is 2.26. The highest BCUT2D eigenvalue weighted by molar-refractivity contribution is 7.99. The van der Waals surface area contributed by atoms with E-state index in [4.69, 9.17) is 5.73 Å². The number of hydrogen-bond acceptors (Lipinski definition) is 2. The second kappa shape index (κ2) is 5.36. The topological polar surface area (TPSA) is 26.0 Å². The van der Waals surface area contributed by atoms with E-state index in [9.17, 15) is 0 Å². The minimum atomic E-state index is 0.768. The summed E-state index contributed by atoms with van der Waals surface area (Å²) in [6.07, 6.45) is 12.1. The van der Waals surface area contributed by atoms with Gasteiger partial charge in [0.05, 0.1) is 0 Å². The fourth-order valence-electron chi connectivity index (χ4n) is 5.39. The van der Waals surface area contributed by atoms with Gasteiger partial charge in [0, 0.05) is 5.25 Å². The molecule has 104 valence electrons. The van der Waals surface area contributed by atoms with Gasteiger partial charge in [-0.15, -0.1) is 0 Å². The molecular weight excluding hydrogens is 238 g/mol. The third-order valence-corrected chi connectivity index (χ3v) is 7.02. The van der Waals surface area contributed by atoms with E-state index < -0.39 is 0 Å². The van der Waals surface area contributed by atoms with Gasteiger partial charge in [0.1, 0.15) is 0 Å². The predicted octanol–water partition coefficient (Wildman–Crippen LogP) is 4.06. The smallest absolute Gasteiger partial charge is 0.00307 e. The molecule has 4 rings (SSSR count). The van der Waals surface area contributed by atoms with Gasteiger partial charge in [0.2, 0.25) is 0 Å². The lowest BCUT2D eigenvalue weighted by Crippen LogP contribution is -2.46. The summed E-state index contributed by atoms with van der Waals surface area (Å²) in [7, 11) is 0. The predicted molar refractivity (Wildman–Crippen MR) is 80.8 cm³/mol. The molecule has 0 spiro atoms. The first-order valence-electron chi connectivity index (χ1n) is 8.01. The summed E-state index contributed by atoms with van der Waals surface area (Å²) >= 11 is 2.17. The Hall–Kier alpha value is 0.310. The molecular formula is C16H29NS. The molecule has 0 aromatic rings. The first-order chi connectivity index (χ1) is 8.69. The van der Waals surface area contributed by atoms with Crippen LogP contribution < -0.4 is 5.73 Å². The molecule has 1 unspecified atom stereocenters. The van der Waals surface area contributed by atoms with Gasteiger partial charge < -0.3 is 5.73 Å². The zero-order chi connectivity index (χ0) is 12.6. The summed E-state index contributed by atoms with van der Waals surface area (Å²) in [5.41, 5.74) is 6.42.